The van der Waals surface area contributed by atoms with Gasteiger partial charge >= 0.3 is 0 Å². The van der Waals surface area contributed by atoms with Crippen LogP contribution in [-0.4, -0.2) is 72.5 Å². The number of hydrogen-bond acceptors (Lipinski definition) is 6. The third-order valence-corrected chi connectivity index (χ3v) is 5.80. The maximum Gasteiger partial charge on any atom is 0.243 e. The van der Waals surface area contributed by atoms with Crippen LogP contribution >= 0.6 is 0 Å². The number of halogens is 1. The van der Waals surface area contributed by atoms with Crippen molar-refractivity contribution in [1.29, 1.82) is 5.41 Å². The molecule has 12 heteroatoms. The first-order chi connectivity index (χ1) is 18.0. The number of nitrogens with two attached hydrogens (primary N) is 2. The molecule has 11 nitrogen and oxygen atoms in total. The standard InChI is InChI=1S/C26H36FN7O4/c1-34(2)26(30)31-12-6-9-19(28)24(37)33-21(15-17-10-11-22(35)18(27)13-17)25(38)32-20(23(29)36)14-16-7-4-3-5-8-16/h3-5,7-8,10-11,13,19-21,35H,6,9,12,14-15,28H2,1-2H3,(H2,29,36)(H2,30,31)(H,32,38)(H,33,37)/t19-,20-,21-/m0/s1. The van der Waals surface area contributed by atoms with Gasteiger partial charge in [0.15, 0.2) is 17.5 Å². The summed E-state index contributed by atoms with van der Waals surface area (Å²) in [5.74, 6) is -3.26. The van der Waals surface area contributed by atoms with Crippen molar-refractivity contribution in [3.8, 4) is 5.75 Å². The van der Waals surface area contributed by atoms with E-state index in [9.17, 15) is 23.9 Å². The van der Waals surface area contributed by atoms with E-state index >= 15 is 0 Å². The molecule has 0 bridgehead atoms. The number of nitrogens with zero attached hydrogens (tertiary/aromatic N) is 1. The first kappa shape index (κ1) is 30.0. The Balaban J connectivity index is 2.11. The van der Waals surface area contributed by atoms with Crippen molar-refractivity contribution in [2.24, 2.45) is 11.5 Å². The number of phenolic OH excluding ortho intramolecular Hbond substituents is 1. The highest BCUT2D eigenvalue weighted by atomic mass is 19.1. The summed E-state index contributed by atoms with van der Waals surface area (Å²) in [7, 11) is 3.45. The molecule has 206 valence electrons. The lowest BCUT2D eigenvalue weighted by Gasteiger charge is -2.24. The number of guanidine groups is 1. The van der Waals surface area contributed by atoms with Crippen molar-refractivity contribution in [2.45, 2.75) is 43.8 Å². The zero-order valence-corrected chi connectivity index (χ0v) is 21.5. The Morgan fingerprint density at radius 2 is 1.63 bits per heavy atom. The number of primary amides is 1. The summed E-state index contributed by atoms with van der Waals surface area (Å²) in [6.45, 7) is 0.425. The Labute approximate surface area is 221 Å². The van der Waals surface area contributed by atoms with E-state index in [4.69, 9.17) is 16.9 Å². The van der Waals surface area contributed by atoms with Crippen LogP contribution in [0, 0.1) is 11.2 Å². The number of carbonyl (C=O) groups is 3. The molecule has 0 heterocycles. The Hall–Kier alpha value is -4.19. The minimum absolute atomic E-state index is 0.125. The quantitative estimate of drug-likeness (QED) is 0.108. The fourth-order valence-corrected chi connectivity index (χ4v) is 3.56. The van der Waals surface area contributed by atoms with Gasteiger partial charge < -0.3 is 37.4 Å². The van der Waals surface area contributed by atoms with E-state index in [1.807, 2.05) is 6.07 Å². The van der Waals surface area contributed by atoms with Crippen molar-refractivity contribution in [3.63, 3.8) is 0 Å². The van der Waals surface area contributed by atoms with Gasteiger partial charge in [-0.2, -0.15) is 0 Å². The monoisotopic (exact) mass is 529 g/mol. The van der Waals surface area contributed by atoms with Gasteiger partial charge in [0.2, 0.25) is 17.7 Å². The largest absolute Gasteiger partial charge is 0.505 e. The average molecular weight is 530 g/mol. The minimum Gasteiger partial charge on any atom is -0.505 e. The molecule has 9 N–H and O–H groups in total. The molecule has 0 aliphatic rings. The normalized spacial score (nSPS) is 13.1. The molecular formula is C26H36FN7O4. The van der Waals surface area contributed by atoms with E-state index in [0.29, 0.717) is 18.5 Å². The zero-order chi connectivity index (χ0) is 28.2. The molecule has 2 aromatic rings. The summed E-state index contributed by atoms with van der Waals surface area (Å²) in [6, 6.07) is 9.39. The molecule has 0 saturated heterocycles. The number of nitrogens with one attached hydrogen (secondary N) is 4. The molecule has 0 spiro atoms. The summed E-state index contributed by atoms with van der Waals surface area (Å²) in [4.78, 5) is 39.7. The summed E-state index contributed by atoms with van der Waals surface area (Å²) in [5.41, 5.74) is 12.7. The second-order valence-corrected chi connectivity index (χ2v) is 9.12. The van der Waals surface area contributed by atoms with Crippen LogP contribution in [0.15, 0.2) is 48.5 Å². The summed E-state index contributed by atoms with van der Waals surface area (Å²) >= 11 is 0. The molecule has 0 radical (unpaired) electrons. The number of carbonyl (C=O) groups excluding carboxylic acids is 3. The smallest absolute Gasteiger partial charge is 0.243 e. The van der Waals surface area contributed by atoms with E-state index < -0.39 is 47.4 Å². The van der Waals surface area contributed by atoms with Crippen LogP contribution in [0.5, 0.6) is 5.75 Å². The van der Waals surface area contributed by atoms with Crippen LogP contribution in [0.2, 0.25) is 0 Å². The SMILES string of the molecule is CN(C)C(=N)NCCC[C@H](N)C(=O)N[C@@H](Cc1ccc(O)c(F)c1)C(=O)N[C@@H](Cc1ccccc1)C(N)=O. The van der Waals surface area contributed by atoms with Gasteiger partial charge in [0.25, 0.3) is 0 Å². The van der Waals surface area contributed by atoms with E-state index in [1.165, 1.54) is 6.07 Å². The highest BCUT2D eigenvalue weighted by Crippen LogP contribution is 2.17. The number of benzene rings is 2. The van der Waals surface area contributed by atoms with Gasteiger partial charge in [0, 0.05) is 33.5 Å². The predicted octanol–water partition coefficient (Wildman–Crippen LogP) is -0.0351. The van der Waals surface area contributed by atoms with E-state index in [2.05, 4.69) is 16.0 Å². The van der Waals surface area contributed by atoms with E-state index in [1.54, 1.807) is 43.3 Å². The summed E-state index contributed by atoms with van der Waals surface area (Å²) in [5, 5.41) is 25.3. The lowest BCUT2D eigenvalue weighted by Crippen LogP contribution is -2.56. The van der Waals surface area contributed by atoms with Crippen molar-refractivity contribution >= 4 is 23.7 Å². The third-order valence-electron chi connectivity index (χ3n) is 5.80. The summed E-state index contributed by atoms with van der Waals surface area (Å²) in [6.07, 6.45) is 0.788. The molecule has 3 atom stereocenters. The molecule has 0 saturated carbocycles. The molecule has 38 heavy (non-hydrogen) atoms. The molecule has 0 aliphatic heterocycles. The highest BCUT2D eigenvalue weighted by molar-refractivity contribution is 5.93. The number of phenols is 1. The van der Waals surface area contributed by atoms with Crippen molar-refractivity contribution in [2.75, 3.05) is 20.6 Å². The minimum atomic E-state index is -1.20. The molecule has 0 fully saturated rings. The van der Waals surface area contributed by atoms with Gasteiger partial charge in [-0.3, -0.25) is 19.8 Å². The third kappa shape index (κ3) is 9.69. The van der Waals surface area contributed by atoms with Gasteiger partial charge in [-0.15, -0.1) is 0 Å². The van der Waals surface area contributed by atoms with Gasteiger partial charge in [0.05, 0.1) is 6.04 Å². The molecule has 0 aliphatic carbocycles. The molecule has 3 amide bonds. The molecule has 2 rings (SSSR count). The summed E-state index contributed by atoms with van der Waals surface area (Å²) < 4.78 is 13.9. The van der Waals surface area contributed by atoms with Crippen molar-refractivity contribution in [1.82, 2.24) is 20.9 Å². The maximum atomic E-state index is 13.9. The van der Waals surface area contributed by atoms with Crippen LogP contribution in [0.4, 0.5) is 4.39 Å². The fourth-order valence-electron chi connectivity index (χ4n) is 3.56. The predicted molar refractivity (Wildman–Crippen MR) is 142 cm³/mol. The molecule has 0 aromatic heterocycles. The van der Waals surface area contributed by atoms with Crippen LogP contribution in [-0.2, 0) is 27.2 Å². The molecular weight excluding hydrogens is 493 g/mol. The topological polar surface area (TPSA) is 187 Å². The Kier molecular flexibility index (Phi) is 11.5. The number of aromatic hydroxyl groups is 1. The van der Waals surface area contributed by atoms with Gasteiger partial charge in [0.1, 0.15) is 12.1 Å². The first-order valence-electron chi connectivity index (χ1n) is 12.1. The van der Waals surface area contributed by atoms with Crippen molar-refractivity contribution in [3.05, 3.63) is 65.5 Å². The number of amides is 3. The van der Waals surface area contributed by atoms with Gasteiger partial charge in [-0.25, -0.2) is 4.39 Å². The molecule has 2 aromatic carbocycles. The average Bonchev–Trinajstić information content (AvgIpc) is 2.87. The maximum absolute atomic E-state index is 13.9. The Bertz CT molecular complexity index is 1110. The fraction of sp³-hybridized carbons (Fsp3) is 0.385. The van der Waals surface area contributed by atoms with E-state index in [-0.39, 0.29) is 25.2 Å². The molecule has 0 unspecified atom stereocenters. The Morgan fingerprint density at radius 3 is 2.24 bits per heavy atom. The first-order valence-corrected chi connectivity index (χ1v) is 12.1. The van der Waals surface area contributed by atoms with Gasteiger partial charge in [-0.05, 0) is 36.1 Å². The Morgan fingerprint density at radius 1 is 1.00 bits per heavy atom. The van der Waals surface area contributed by atoms with E-state index in [0.717, 1.165) is 17.7 Å². The van der Waals surface area contributed by atoms with Crippen molar-refractivity contribution < 1.29 is 23.9 Å². The second-order valence-electron chi connectivity index (χ2n) is 9.12. The highest BCUT2D eigenvalue weighted by Gasteiger charge is 2.28. The number of hydrogen-bond donors (Lipinski definition) is 7. The zero-order valence-electron chi connectivity index (χ0n) is 21.5. The number of rotatable bonds is 13. The van der Waals surface area contributed by atoms with Crippen LogP contribution < -0.4 is 27.4 Å². The van der Waals surface area contributed by atoms with Crippen LogP contribution in [0.25, 0.3) is 0 Å². The lowest BCUT2D eigenvalue weighted by molar-refractivity contribution is -0.131. The van der Waals surface area contributed by atoms with Crippen LogP contribution in [0.3, 0.4) is 0 Å². The lowest BCUT2D eigenvalue weighted by atomic mass is 10.0. The van der Waals surface area contributed by atoms with Crippen LogP contribution in [0.1, 0.15) is 24.0 Å². The second kappa shape index (κ2) is 14.5. The van der Waals surface area contributed by atoms with Gasteiger partial charge in [-0.1, -0.05) is 36.4 Å².